The van der Waals surface area contributed by atoms with E-state index in [1.165, 1.54) is 12.8 Å². The summed E-state index contributed by atoms with van der Waals surface area (Å²) in [5.74, 6) is 0.707. The zero-order valence-corrected chi connectivity index (χ0v) is 6.71. The van der Waals surface area contributed by atoms with Gasteiger partial charge in [-0.1, -0.05) is 12.8 Å². The third-order valence-electron chi connectivity index (χ3n) is 2.80. The van der Waals surface area contributed by atoms with Crippen LogP contribution >= 0.6 is 0 Å². The fourth-order valence-corrected chi connectivity index (χ4v) is 2.16. The van der Waals surface area contributed by atoms with E-state index in [2.05, 4.69) is 0 Å². The van der Waals surface area contributed by atoms with Gasteiger partial charge in [-0.2, -0.15) is 0 Å². The molecule has 0 aromatic heterocycles. The van der Waals surface area contributed by atoms with Crippen molar-refractivity contribution in [2.24, 2.45) is 5.92 Å². The highest BCUT2D eigenvalue weighted by Gasteiger charge is 2.34. The summed E-state index contributed by atoms with van der Waals surface area (Å²) in [6.45, 7) is 0.667. The molecule has 2 rings (SSSR count). The van der Waals surface area contributed by atoms with E-state index in [1.54, 1.807) is 0 Å². The molecule has 1 saturated carbocycles. The largest absolute Gasteiger partial charge is 0.377 e. The van der Waals surface area contributed by atoms with E-state index in [1.807, 2.05) is 0 Å². The van der Waals surface area contributed by atoms with Crippen LogP contribution in [0.5, 0.6) is 0 Å². The molecular weight excluding hydrogens is 140 g/mol. The van der Waals surface area contributed by atoms with Crippen molar-refractivity contribution in [3.63, 3.8) is 0 Å². The molecule has 0 aromatic rings. The van der Waals surface area contributed by atoms with Crippen LogP contribution in [0.25, 0.3) is 0 Å². The Labute approximate surface area is 66.9 Å². The van der Waals surface area contributed by atoms with Gasteiger partial charge in [0.05, 0.1) is 12.7 Å². The van der Waals surface area contributed by atoms with E-state index in [4.69, 9.17) is 4.74 Å². The minimum Gasteiger partial charge on any atom is -0.377 e. The first-order valence-corrected chi connectivity index (χ1v) is 4.52. The molecule has 1 heterocycles. The molecule has 0 aromatic carbocycles. The van der Waals surface area contributed by atoms with Crippen molar-refractivity contribution in [1.29, 1.82) is 0 Å². The van der Waals surface area contributed by atoms with Crippen LogP contribution in [0.4, 0.5) is 0 Å². The third-order valence-corrected chi connectivity index (χ3v) is 2.80. The van der Waals surface area contributed by atoms with Crippen molar-refractivity contribution in [1.82, 2.24) is 0 Å². The number of carbonyl (C=O) groups is 1. The zero-order valence-electron chi connectivity index (χ0n) is 6.71. The summed E-state index contributed by atoms with van der Waals surface area (Å²) < 4.78 is 5.53. The fraction of sp³-hybridized carbons (Fsp3) is 0.889. The van der Waals surface area contributed by atoms with Crippen LogP contribution in [0.15, 0.2) is 0 Å². The number of hydrogen-bond donors (Lipinski definition) is 0. The molecule has 1 aliphatic heterocycles. The van der Waals surface area contributed by atoms with Gasteiger partial charge in [-0.3, -0.25) is 4.79 Å². The lowest BCUT2D eigenvalue weighted by atomic mass is 9.81. The standard InChI is InChI=1S/C9H14O2/c10-8-5-6-11-9-4-2-1-3-7(8)9/h7,9H,1-6H2/t7-,9+/m0/s1. The van der Waals surface area contributed by atoms with Crippen LogP contribution < -0.4 is 0 Å². The lowest BCUT2D eigenvalue weighted by Crippen LogP contribution is -2.38. The number of carbonyl (C=O) groups excluding carboxylic acids is 1. The predicted octanol–water partition coefficient (Wildman–Crippen LogP) is 1.53. The van der Waals surface area contributed by atoms with E-state index in [9.17, 15) is 4.79 Å². The fourth-order valence-electron chi connectivity index (χ4n) is 2.16. The maximum absolute atomic E-state index is 11.3. The SMILES string of the molecule is O=C1CCO[C@@H]2CCCC[C@@H]12. The molecule has 0 unspecified atom stereocenters. The molecule has 2 nitrogen and oxygen atoms in total. The first-order chi connectivity index (χ1) is 5.38. The van der Waals surface area contributed by atoms with Crippen LogP contribution in [-0.4, -0.2) is 18.5 Å². The molecule has 2 fully saturated rings. The summed E-state index contributed by atoms with van der Waals surface area (Å²) >= 11 is 0. The van der Waals surface area contributed by atoms with Gasteiger partial charge in [-0.15, -0.1) is 0 Å². The van der Waals surface area contributed by atoms with Gasteiger partial charge in [-0.05, 0) is 12.8 Å². The van der Waals surface area contributed by atoms with Gasteiger partial charge in [0.1, 0.15) is 5.78 Å². The van der Waals surface area contributed by atoms with Gasteiger partial charge < -0.3 is 4.74 Å². The average Bonchev–Trinajstić information content (AvgIpc) is 2.06. The van der Waals surface area contributed by atoms with Crippen LogP contribution in [0, 0.1) is 5.92 Å². The molecule has 0 radical (unpaired) electrons. The molecule has 0 amide bonds. The highest BCUT2D eigenvalue weighted by molar-refractivity contribution is 5.82. The molecule has 2 aliphatic rings. The molecular formula is C9H14O2. The normalized spacial score (nSPS) is 38.4. The molecule has 0 N–H and O–H groups in total. The molecule has 0 spiro atoms. The number of fused-ring (bicyclic) bond motifs is 1. The average molecular weight is 154 g/mol. The van der Waals surface area contributed by atoms with Gasteiger partial charge in [0.15, 0.2) is 0 Å². The second-order valence-electron chi connectivity index (χ2n) is 3.52. The van der Waals surface area contributed by atoms with E-state index < -0.39 is 0 Å². The lowest BCUT2D eigenvalue weighted by molar-refractivity contribution is -0.139. The smallest absolute Gasteiger partial charge is 0.140 e. The Hall–Kier alpha value is -0.370. The van der Waals surface area contributed by atoms with Crippen molar-refractivity contribution >= 4 is 5.78 Å². The summed E-state index contributed by atoms with van der Waals surface area (Å²) in [7, 11) is 0. The summed E-state index contributed by atoms with van der Waals surface area (Å²) in [5.41, 5.74) is 0. The first-order valence-electron chi connectivity index (χ1n) is 4.52. The Kier molecular flexibility index (Phi) is 1.95. The number of hydrogen-bond acceptors (Lipinski definition) is 2. The second-order valence-corrected chi connectivity index (χ2v) is 3.52. The summed E-state index contributed by atoms with van der Waals surface area (Å²) in [5, 5.41) is 0. The second kappa shape index (κ2) is 2.94. The topological polar surface area (TPSA) is 26.3 Å². The number of Topliss-reactive ketones (excluding diaryl/α,β-unsaturated/α-hetero) is 1. The Bertz CT molecular complexity index is 163. The van der Waals surface area contributed by atoms with Gasteiger partial charge in [0.2, 0.25) is 0 Å². The highest BCUT2D eigenvalue weighted by atomic mass is 16.5. The Balaban J connectivity index is 2.05. The maximum atomic E-state index is 11.3. The van der Waals surface area contributed by atoms with Crippen molar-refractivity contribution in [2.45, 2.75) is 38.2 Å². The van der Waals surface area contributed by atoms with Crippen molar-refractivity contribution in [3.8, 4) is 0 Å². The van der Waals surface area contributed by atoms with Crippen molar-refractivity contribution < 1.29 is 9.53 Å². The quantitative estimate of drug-likeness (QED) is 0.529. The van der Waals surface area contributed by atoms with E-state index >= 15 is 0 Å². The van der Waals surface area contributed by atoms with Crippen LogP contribution in [0.1, 0.15) is 32.1 Å². The highest BCUT2D eigenvalue weighted by Crippen LogP contribution is 2.31. The Morgan fingerprint density at radius 3 is 2.91 bits per heavy atom. The van der Waals surface area contributed by atoms with E-state index in [0.717, 1.165) is 12.8 Å². The maximum Gasteiger partial charge on any atom is 0.140 e. The van der Waals surface area contributed by atoms with Gasteiger partial charge in [-0.25, -0.2) is 0 Å². The molecule has 0 bridgehead atoms. The molecule has 11 heavy (non-hydrogen) atoms. The predicted molar refractivity (Wildman–Crippen MR) is 41.3 cm³/mol. The first kappa shape index (κ1) is 7.29. The van der Waals surface area contributed by atoms with Gasteiger partial charge >= 0.3 is 0 Å². The van der Waals surface area contributed by atoms with Gasteiger partial charge in [0, 0.05) is 12.3 Å². The molecule has 1 aliphatic carbocycles. The monoisotopic (exact) mass is 154 g/mol. The Morgan fingerprint density at radius 1 is 1.27 bits per heavy atom. The Morgan fingerprint density at radius 2 is 2.09 bits per heavy atom. The third kappa shape index (κ3) is 1.32. The minimum atomic E-state index is 0.262. The minimum absolute atomic E-state index is 0.262. The number of ether oxygens (including phenoxy) is 1. The number of ketones is 1. The molecule has 62 valence electrons. The molecule has 2 atom stereocenters. The molecule has 1 saturated heterocycles. The van der Waals surface area contributed by atoms with Gasteiger partial charge in [0.25, 0.3) is 0 Å². The van der Waals surface area contributed by atoms with Crippen LogP contribution in [0.2, 0.25) is 0 Å². The van der Waals surface area contributed by atoms with Crippen molar-refractivity contribution in [2.75, 3.05) is 6.61 Å². The summed E-state index contributed by atoms with van der Waals surface area (Å²) in [6.07, 6.45) is 5.58. The lowest BCUT2D eigenvalue weighted by Gasteiger charge is -2.34. The molecule has 2 heteroatoms. The summed E-state index contributed by atoms with van der Waals surface area (Å²) in [4.78, 5) is 11.3. The zero-order chi connectivity index (χ0) is 7.68. The van der Waals surface area contributed by atoms with E-state index in [-0.39, 0.29) is 12.0 Å². The van der Waals surface area contributed by atoms with Crippen LogP contribution in [-0.2, 0) is 9.53 Å². The summed E-state index contributed by atoms with van der Waals surface area (Å²) in [6, 6.07) is 0. The van der Waals surface area contributed by atoms with Crippen LogP contribution in [0.3, 0.4) is 0 Å². The van der Waals surface area contributed by atoms with Crippen molar-refractivity contribution in [3.05, 3.63) is 0 Å². The van der Waals surface area contributed by atoms with E-state index in [0.29, 0.717) is 18.8 Å². The number of rotatable bonds is 0.